The van der Waals surface area contributed by atoms with Crippen molar-refractivity contribution in [3.63, 3.8) is 0 Å². The molecule has 0 atom stereocenters. The van der Waals surface area contributed by atoms with Gasteiger partial charge in [0.05, 0.1) is 0 Å². The third-order valence-corrected chi connectivity index (χ3v) is 5.40. The van der Waals surface area contributed by atoms with Gasteiger partial charge in [-0.3, -0.25) is 4.79 Å². The molecule has 2 nitrogen and oxygen atoms in total. The Labute approximate surface area is 154 Å². The van der Waals surface area contributed by atoms with Crippen molar-refractivity contribution >= 4 is 5.78 Å². The highest BCUT2D eigenvalue weighted by atomic mass is 16.1. The van der Waals surface area contributed by atoms with Gasteiger partial charge in [-0.05, 0) is 38.0 Å². The van der Waals surface area contributed by atoms with Crippen LogP contribution in [0.2, 0.25) is 0 Å². The number of nitrogens with zero attached hydrogens (tertiary/aromatic N) is 1. The summed E-state index contributed by atoms with van der Waals surface area (Å²) in [6.07, 6.45) is 10.6. The van der Waals surface area contributed by atoms with Gasteiger partial charge in [0.15, 0.2) is 5.78 Å². The largest absolute Gasteiger partial charge is 0.375 e. The molecule has 25 heavy (non-hydrogen) atoms. The van der Waals surface area contributed by atoms with Crippen LogP contribution in [-0.4, -0.2) is 23.8 Å². The summed E-state index contributed by atoms with van der Waals surface area (Å²) in [6.45, 7) is 8.87. The molecule has 0 unspecified atom stereocenters. The molecule has 0 aliphatic carbocycles. The highest BCUT2D eigenvalue weighted by molar-refractivity contribution is 5.97. The molecule has 0 saturated carbocycles. The van der Waals surface area contributed by atoms with Gasteiger partial charge in [-0.25, -0.2) is 0 Å². The Hall–Kier alpha value is -1.57. The highest BCUT2D eigenvalue weighted by Crippen LogP contribution is 2.31. The molecule has 2 rings (SSSR count). The van der Waals surface area contributed by atoms with Crippen LogP contribution in [0.1, 0.15) is 76.1 Å². The zero-order valence-corrected chi connectivity index (χ0v) is 16.3. The van der Waals surface area contributed by atoms with Crippen molar-refractivity contribution in [2.45, 2.75) is 65.7 Å². The molecule has 0 amide bonds. The lowest BCUT2D eigenvalue weighted by Crippen LogP contribution is -2.37. The van der Waals surface area contributed by atoms with Crippen molar-refractivity contribution in [3.8, 4) is 0 Å². The molecule has 0 bridgehead atoms. The van der Waals surface area contributed by atoms with Crippen molar-refractivity contribution in [2.75, 3.05) is 13.1 Å². The molecular weight excluding hydrogens is 306 g/mol. The summed E-state index contributed by atoms with van der Waals surface area (Å²) in [7, 11) is 0. The summed E-state index contributed by atoms with van der Waals surface area (Å²) in [6, 6.07) is 9.81. The first-order valence-corrected chi connectivity index (χ1v) is 10.2. The first-order chi connectivity index (χ1) is 12.2. The third kappa shape index (κ3) is 5.45. The normalized spacial score (nSPS) is 16.5. The van der Waals surface area contributed by atoms with Crippen LogP contribution >= 0.6 is 0 Å². The molecule has 138 valence electrons. The van der Waals surface area contributed by atoms with Crippen molar-refractivity contribution in [2.24, 2.45) is 11.8 Å². The van der Waals surface area contributed by atoms with E-state index in [2.05, 4.69) is 31.7 Å². The first kappa shape index (κ1) is 19.8. The minimum Gasteiger partial charge on any atom is -0.375 e. The van der Waals surface area contributed by atoms with E-state index in [0.717, 1.165) is 37.9 Å². The number of piperidine rings is 1. The lowest BCUT2D eigenvalue weighted by atomic mass is 9.86. The van der Waals surface area contributed by atoms with E-state index in [-0.39, 0.29) is 5.92 Å². The van der Waals surface area contributed by atoms with E-state index < -0.39 is 0 Å². The number of hydrogen-bond donors (Lipinski definition) is 0. The third-order valence-electron chi connectivity index (χ3n) is 5.40. The molecule has 0 radical (unpaired) electrons. The molecule has 0 N–H and O–H groups in total. The molecule has 1 fully saturated rings. The number of Topliss-reactive ketones (excluding diaryl/α,β-unsaturated/α-hetero) is 1. The maximum absolute atomic E-state index is 12.7. The lowest BCUT2D eigenvalue weighted by molar-refractivity contribution is 0.0852. The Balaban J connectivity index is 2.01. The minimum absolute atomic E-state index is 0.192. The summed E-state index contributed by atoms with van der Waals surface area (Å²) in [5.74, 6) is 1.22. The predicted molar refractivity (Wildman–Crippen MR) is 107 cm³/mol. The maximum Gasteiger partial charge on any atom is 0.166 e. The van der Waals surface area contributed by atoms with Crippen LogP contribution in [0.5, 0.6) is 0 Å². The van der Waals surface area contributed by atoms with Crippen LogP contribution in [-0.2, 0) is 0 Å². The molecule has 0 aromatic heterocycles. The molecular formula is C23H35NO. The van der Waals surface area contributed by atoms with Gasteiger partial charge in [-0.15, -0.1) is 0 Å². The van der Waals surface area contributed by atoms with Crippen molar-refractivity contribution in [3.05, 3.63) is 47.7 Å². The maximum atomic E-state index is 12.7. The Morgan fingerprint density at radius 1 is 1.08 bits per heavy atom. The highest BCUT2D eigenvalue weighted by Gasteiger charge is 2.28. The molecule has 1 aromatic rings. The van der Waals surface area contributed by atoms with Crippen LogP contribution in [0.25, 0.3) is 0 Å². The minimum atomic E-state index is 0.192. The SMILES string of the molecule is CCC=C(C(CCC)CCC)N1CCC(C(=O)c2ccccc2)CC1. The number of rotatable bonds is 9. The van der Waals surface area contributed by atoms with E-state index >= 15 is 0 Å². The number of ketones is 1. The predicted octanol–water partition coefficient (Wildman–Crippen LogP) is 6.09. The van der Waals surface area contributed by atoms with Gasteiger partial charge >= 0.3 is 0 Å². The van der Waals surface area contributed by atoms with E-state index in [1.54, 1.807) is 5.70 Å². The van der Waals surface area contributed by atoms with Crippen LogP contribution in [0.4, 0.5) is 0 Å². The molecule has 1 aliphatic rings. The van der Waals surface area contributed by atoms with E-state index in [1.807, 2.05) is 30.3 Å². The summed E-state index contributed by atoms with van der Waals surface area (Å²) in [5, 5.41) is 0. The number of benzene rings is 1. The Morgan fingerprint density at radius 3 is 2.20 bits per heavy atom. The first-order valence-electron chi connectivity index (χ1n) is 10.2. The summed E-state index contributed by atoms with van der Waals surface area (Å²) in [5.41, 5.74) is 2.43. The van der Waals surface area contributed by atoms with Gasteiger partial charge in [-0.2, -0.15) is 0 Å². The number of carbonyl (C=O) groups excluding carboxylic acids is 1. The second-order valence-electron chi connectivity index (χ2n) is 7.30. The van der Waals surface area contributed by atoms with E-state index in [4.69, 9.17) is 0 Å². The van der Waals surface area contributed by atoms with Crippen molar-refractivity contribution < 1.29 is 4.79 Å². The number of allylic oxidation sites excluding steroid dienone is 2. The van der Waals surface area contributed by atoms with E-state index in [9.17, 15) is 4.79 Å². The molecule has 2 heteroatoms. The monoisotopic (exact) mass is 341 g/mol. The van der Waals surface area contributed by atoms with Gasteiger partial charge in [0.2, 0.25) is 0 Å². The average Bonchev–Trinajstić information content (AvgIpc) is 2.66. The second kappa shape index (κ2) is 10.4. The Morgan fingerprint density at radius 2 is 1.68 bits per heavy atom. The summed E-state index contributed by atoms with van der Waals surface area (Å²) < 4.78 is 0. The van der Waals surface area contributed by atoms with Crippen LogP contribution < -0.4 is 0 Å². The lowest BCUT2D eigenvalue weighted by Gasteiger charge is -2.38. The Kier molecular flexibility index (Phi) is 8.24. The summed E-state index contributed by atoms with van der Waals surface area (Å²) in [4.78, 5) is 15.3. The standard InChI is InChI=1S/C23H35NO/c1-4-10-19(11-5-2)22(12-6-3)24-17-15-21(16-18-24)23(25)20-13-8-7-9-14-20/h7-9,12-14,19,21H,4-6,10-11,15-18H2,1-3H3. The van der Waals surface area contributed by atoms with Gasteiger partial charge < -0.3 is 4.90 Å². The van der Waals surface area contributed by atoms with Crippen LogP contribution in [0.15, 0.2) is 42.1 Å². The molecule has 1 heterocycles. The smallest absolute Gasteiger partial charge is 0.166 e. The number of likely N-dealkylation sites (tertiary alicyclic amines) is 1. The quantitative estimate of drug-likeness (QED) is 0.506. The van der Waals surface area contributed by atoms with Gasteiger partial charge in [-0.1, -0.05) is 70.0 Å². The number of carbonyl (C=O) groups is 1. The summed E-state index contributed by atoms with van der Waals surface area (Å²) >= 11 is 0. The fourth-order valence-corrected chi connectivity index (χ4v) is 4.14. The number of hydrogen-bond acceptors (Lipinski definition) is 2. The van der Waals surface area contributed by atoms with E-state index in [0.29, 0.717) is 11.7 Å². The topological polar surface area (TPSA) is 20.3 Å². The zero-order valence-electron chi connectivity index (χ0n) is 16.3. The Bertz CT molecular complexity index is 534. The average molecular weight is 342 g/mol. The van der Waals surface area contributed by atoms with E-state index in [1.165, 1.54) is 25.7 Å². The molecule has 1 aliphatic heterocycles. The van der Waals surface area contributed by atoms with Crippen molar-refractivity contribution in [1.82, 2.24) is 4.90 Å². The zero-order chi connectivity index (χ0) is 18.1. The van der Waals surface area contributed by atoms with Gasteiger partial charge in [0, 0.05) is 30.3 Å². The van der Waals surface area contributed by atoms with Crippen LogP contribution in [0, 0.1) is 11.8 Å². The van der Waals surface area contributed by atoms with Gasteiger partial charge in [0.1, 0.15) is 0 Å². The fourth-order valence-electron chi connectivity index (χ4n) is 4.14. The van der Waals surface area contributed by atoms with Crippen molar-refractivity contribution in [1.29, 1.82) is 0 Å². The molecule has 0 spiro atoms. The molecule has 1 saturated heterocycles. The van der Waals surface area contributed by atoms with Crippen LogP contribution in [0.3, 0.4) is 0 Å². The van der Waals surface area contributed by atoms with Gasteiger partial charge in [0.25, 0.3) is 0 Å². The molecule has 1 aromatic carbocycles. The fraction of sp³-hybridized carbons (Fsp3) is 0.609. The second-order valence-corrected chi connectivity index (χ2v) is 7.30.